The number of fused-ring (bicyclic) bond motifs is 1. The van der Waals surface area contributed by atoms with Crippen molar-refractivity contribution in [3.05, 3.63) is 47.9 Å². The van der Waals surface area contributed by atoms with Gasteiger partial charge in [0.25, 0.3) is 5.91 Å². The van der Waals surface area contributed by atoms with Crippen molar-refractivity contribution in [2.24, 2.45) is 5.92 Å². The van der Waals surface area contributed by atoms with Crippen LogP contribution in [0.3, 0.4) is 0 Å². The molecule has 0 bridgehead atoms. The minimum atomic E-state index is -1.61. The second-order valence-corrected chi connectivity index (χ2v) is 10.5. The van der Waals surface area contributed by atoms with E-state index in [1.54, 1.807) is 12.3 Å². The fourth-order valence-corrected chi connectivity index (χ4v) is 3.71. The Hall–Kier alpha value is -3.53. The van der Waals surface area contributed by atoms with Crippen molar-refractivity contribution in [3.8, 4) is 5.82 Å². The molecular formula is C27H37FN6O3. The summed E-state index contributed by atoms with van der Waals surface area (Å²) in [6.45, 7) is 10.7. The van der Waals surface area contributed by atoms with Gasteiger partial charge in [0.1, 0.15) is 17.6 Å². The topological polar surface area (TPSA) is 121 Å². The molecule has 0 spiro atoms. The average molecular weight is 513 g/mol. The molecule has 37 heavy (non-hydrogen) atoms. The largest absolute Gasteiger partial charge is 0.387 e. The van der Waals surface area contributed by atoms with E-state index in [1.165, 1.54) is 20.0 Å². The Morgan fingerprint density at radius 2 is 1.84 bits per heavy atom. The molecule has 3 aromatic rings. The molecular weight excluding hydrogens is 475 g/mol. The van der Waals surface area contributed by atoms with Gasteiger partial charge in [0.2, 0.25) is 5.91 Å². The van der Waals surface area contributed by atoms with E-state index in [0.29, 0.717) is 36.0 Å². The predicted molar refractivity (Wildman–Crippen MR) is 142 cm³/mol. The molecule has 0 aromatic carbocycles. The van der Waals surface area contributed by atoms with Gasteiger partial charge in [-0.25, -0.2) is 14.4 Å². The minimum Gasteiger partial charge on any atom is -0.387 e. The molecule has 0 aliphatic rings. The first-order valence-corrected chi connectivity index (χ1v) is 12.5. The van der Waals surface area contributed by atoms with Crippen LogP contribution in [0.25, 0.3) is 16.9 Å². The van der Waals surface area contributed by atoms with Gasteiger partial charge in [-0.1, -0.05) is 13.8 Å². The fraction of sp³-hybridized carbons (Fsp3) is 0.481. The Bertz CT molecular complexity index is 1250. The number of aromatic nitrogens is 3. The third-order valence-electron chi connectivity index (χ3n) is 5.70. The quantitative estimate of drug-likeness (QED) is 0.311. The molecule has 3 rings (SSSR count). The number of hydrogen-bond donors (Lipinski definition) is 4. The van der Waals surface area contributed by atoms with E-state index in [9.17, 15) is 19.1 Å². The maximum Gasteiger partial charge on any atom is 0.255 e. The number of amides is 2. The zero-order chi connectivity index (χ0) is 27.3. The Kier molecular flexibility index (Phi) is 8.85. The number of pyridine rings is 2. The van der Waals surface area contributed by atoms with E-state index in [2.05, 4.69) is 25.9 Å². The summed E-state index contributed by atoms with van der Waals surface area (Å²) in [5.74, 6) is 0.366. The van der Waals surface area contributed by atoms with Crippen molar-refractivity contribution in [2.75, 3.05) is 11.9 Å². The number of hydrogen-bond acceptors (Lipinski definition) is 6. The highest BCUT2D eigenvalue weighted by Crippen LogP contribution is 2.24. The summed E-state index contributed by atoms with van der Waals surface area (Å²) >= 11 is 0. The van der Waals surface area contributed by atoms with Crippen molar-refractivity contribution in [1.29, 1.82) is 0 Å². The van der Waals surface area contributed by atoms with E-state index in [0.717, 1.165) is 10.9 Å². The van der Waals surface area contributed by atoms with Crippen LogP contribution in [0.1, 0.15) is 63.9 Å². The number of rotatable bonds is 11. The molecule has 3 heterocycles. The Morgan fingerprint density at radius 3 is 2.49 bits per heavy atom. The predicted octanol–water partition coefficient (Wildman–Crippen LogP) is 3.74. The number of nitrogens with one attached hydrogen (secondary N) is 3. The van der Waals surface area contributed by atoms with Gasteiger partial charge in [-0.2, -0.15) is 0 Å². The third kappa shape index (κ3) is 7.48. The standard InChI is InChI=1S/C27H37FN6O3/c1-16(2)9-24(35)30-12-18-10-19-7-8-34(25(19)31-13-18)23-11-21(33-17(3)4)20(14-29-23)26(36)32-15-22(28)27(5,6)37/h7-8,10-11,13-14,16-17,22,37H,9,12,15H2,1-6H3,(H,29,33)(H,30,35)(H,32,36). The highest BCUT2D eigenvalue weighted by molar-refractivity contribution is 5.99. The zero-order valence-electron chi connectivity index (χ0n) is 22.3. The van der Waals surface area contributed by atoms with Gasteiger partial charge in [0.15, 0.2) is 0 Å². The summed E-state index contributed by atoms with van der Waals surface area (Å²) in [6.07, 6.45) is 3.87. The number of carbonyl (C=O) groups is 2. The average Bonchev–Trinajstić information content (AvgIpc) is 3.22. The number of anilines is 1. The molecule has 10 heteroatoms. The van der Waals surface area contributed by atoms with Crippen LogP contribution < -0.4 is 16.0 Å². The Balaban J connectivity index is 1.83. The lowest BCUT2D eigenvalue weighted by atomic mass is 10.0. The van der Waals surface area contributed by atoms with Crippen LogP contribution in [0, 0.1) is 5.92 Å². The van der Waals surface area contributed by atoms with E-state index >= 15 is 0 Å². The first-order valence-electron chi connectivity index (χ1n) is 12.5. The van der Waals surface area contributed by atoms with Gasteiger partial charge in [-0.05, 0) is 51.3 Å². The van der Waals surface area contributed by atoms with E-state index in [4.69, 9.17) is 0 Å². The normalized spacial score (nSPS) is 12.7. The molecule has 2 amide bonds. The molecule has 0 radical (unpaired) electrons. The molecule has 0 saturated carbocycles. The first-order chi connectivity index (χ1) is 17.3. The molecule has 1 atom stereocenters. The van der Waals surface area contributed by atoms with Crippen LogP contribution >= 0.6 is 0 Å². The van der Waals surface area contributed by atoms with Gasteiger partial charge in [0, 0.05) is 49.1 Å². The summed E-state index contributed by atoms with van der Waals surface area (Å²) < 4.78 is 15.9. The van der Waals surface area contributed by atoms with Crippen LogP contribution in [-0.2, 0) is 11.3 Å². The highest BCUT2D eigenvalue weighted by atomic mass is 19.1. The summed E-state index contributed by atoms with van der Waals surface area (Å²) in [7, 11) is 0. The maximum atomic E-state index is 14.1. The molecule has 200 valence electrons. The lowest BCUT2D eigenvalue weighted by Gasteiger charge is -2.23. The van der Waals surface area contributed by atoms with E-state index in [-0.39, 0.29) is 24.1 Å². The summed E-state index contributed by atoms with van der Waals surface area (Å²) in [6, 6.07) is 5.66. The zero-order valence-corrected chi connectivity index (χ0v) is 22.3. The second kappa shape index (κ2) is 11.7. The molecule has 0 aliphatic carbocycles. The Labute approximate surface area is 216 Å². The van der Waals surface area contributed by atoms with E-state index in [1.807, 2.05) is 50.6 Å². The molecule has 0 fully saturated rings. The maximum absolute atomic E-state index is 14.1. The Morgan fingerprint density at radius 1 is 1.11 bits per heavy atom. The highest BCUT2D eigenvalue weighted by Gasteiger charge is 2.27. The first kappa shape index (κ1) is 28.0. The van der Waals surface area contributed by atoms with Gasteiger partial charge in [0.05, 0.1) is 23.4 Å². The number of aliphatic hydroxyl groups is 1. The smallest absolute Gasteiger partial charge is 0.255 e. The van der Waals surface area contributed by atoms with Crippen molar-refractivity contribution < 1.29 is 19.1 Å². The number of carbonyl (C=O) groups excluding carboxylic acids is 2. The van der Waals surface area contributed by atoms with Crippen molar-refractivity contribution in [1.82, 2.24) is 25.2 Å². The number of alkyl halides is 1. The second-order valence-electron chi connectivity index (χ2n) is 10.5. The van der Waals surface area contributed by atoms with Crippen LogP contribution in [0.2, 0.25) is 0 Å². The molecule has 3 aromatic heterocycles. The monoisotopic (exact) mass is 512 g/mol. The molecule has 9 nitrogen and oxygen atoms in total. The minimum absolute atomic E-state index is 0.00767. The molecule has 0 saturated heterocycles. The van der Waals surface area contributed by atoms with Gasteiger partial charge >= 0.3 is 0 Å². The van der Waals surface area contributed by atoms with Crippen LogP contribution in [0.5, 0.6) is 0 Å². The number of halogens is 1. The van der Waals surface area contributed by atoms with Gasteiger partial charge in [-0.3, -0.25) is 14.2 Å². The van der Waals surface area contributed by atoms with E-state index < -0.39 is 17.7 Å². The van der Waals surface area contributed by atoms with Crippen LogP contribution in [0.4, 0.5) is 10.1 Å². The molecule has 4 N–H and O–H groups in total. The van der Waals surface area contributed by atoms with Crippen molar-refractivity contribution in [2.45, 2.75) is 72.3 Å². The van der Waals surface area contributed by atoms with Crippen molar-refractivity contribution in [3.63, 3.8) is 0 Å². The van der Waals surface area contributed by atoms with Gasteiger partial charge in [-0.15, -0.1) is 0 Å². The van der Waals surface area contributed by atoms with Crippen LogP contribution in [-0.4, -0.2) is 55.8 Å². The number of nitrogens with zero attached hydrogens (tertiary/aromatic N) is 3. The summed E-state index contributed by atoms with van der Waals surface area (Å²) in [4.78, 5) is 33.8. The van der Waals surface area contributed by atoms with Gasteiger partial charge < -0.3 is 21.1 Å². The lowest BCUT2D eigenvalue weighted by molar-refractivity contribution is -0.121. The lowest BCUT2D eigenvalue weighted by Crippen LogP contribution is -2.42. The van der Waals surface area contributed by atoms with Crippen molar-refractivity contribution >= 4 is 28.5 Å². The summed E-state index contributed by atoms with van der Waals surface area (Å²) in [5.41, 5.74) is 0.826. The third-order valence-corrected chi connectivity index (χ3v) is 5.70. The molecule has 0 aliphatic heterocycles. The SMILES string of the molecule is CC(C)CC(=O)NCc1cnc2c(ccn2-c2cc(NC(C)C)c(C(=O)NCC(F)C(C)(C)O)cn2)c1. The summed E-state index contributed by atoms with van der Waals surface area (Å²) in [5, 5.41) is 19.4. The molecule has 1 unspecified atom stereocenters. The van der Waals surface area contributed by atoms with Crippen LogP contribution in [0.15, 0.2) is 36.8 Å². The fourth-order valence-electron chi connectivity index (χ4n) is 3.71.